The zero-order chi connectivity index (χ0) is 30.8. The Bertz CT molecular complexity index is 1610. The molecule has 0 bridgehead atoms. The van der Waals surface area contributed by atoms with Gasteiger partial charge < -0.3 is 9.47 Å². The first-order chi connectivity index (χ1) is 19.8. The Morgan fingerprint density at radius 2 is 1.62 bits per heavy atom. The minimum Gasteiger partial charge on any atom is -0.462 e. The maximum Gasteiger partial charge on any atom is 0.338 e. The number of carbonyl (C=O) groups excluding carboxylic acids is 2. The molecular formula is C31H39ClN4O6. The Balaban J connectivity index is 1.69. The first kappa shape index (κ1) is 31.5. The molecule has 0 N–H and O–H groups in total. The summed E-state index contributed by atoms with van der Waals surface area (Å²) in [7, 11) is 0. The number of halogens is 1. The second kappa shape index (κ2) is 12.8. The molecule has 0 radical (unpaired) electrons. The molecule has 1 aliphatic heterocycles. The summed E-state index contributed by atoms with van der Waals surface area (Å²) in [5.41, 5.74) is 0.557. The van der Waals surface area contributed by atoms with Gasteiger partial charge in [-0.2, -0.15) is 0 Å². The van der Waals surface area contributed by atoms with Gasteiger partial charge in [0.05, 0.1) is 40.3 Å². The molecule has 0 unspecified atom stereocenters. The Hall–Kier alpha value is -3.47. The zero-order valence-electron chi connectivity index (χ0n) is 25.2. The summed E-state index contributed by atoms with van der Waals surface area (Å²) in [6.45, 7) is 14.9. The molecule has 11 heteroatoms. The van der Waals surface area contributed by atoms with Crippen LogP contribution in [0.2, 0.25) is 5.02 Å². The molecule has 0 amide bonds. The van der Waals surface area contributed by atoms with Crippen LogP contribution in [-0.2, 0) is 20.8 Å². The van der Waals surface area contributed by atoms with Gasteiger partial charge in [-0.05, 0) is 70.9 Å². The van der Waals surface area contributed by atoms with Crippen molar-refractivity contribution in [2.24, 2.45) is 0 Å². The fourth-order valence-corrected chi connectivity index (χ4v) is 5.64. The number of aryl methyl sites for hydroxylation is 2. The van der Waals surface area contributed by atoms with E-state index < -0.39 is 22.8 Å². The number of piperazine rings is 1. The van der Waals surface area contributed by atoms with Gasteiger partial charge in [0, 0.05) is 39.3 Å². The molecule has 1 fully saturated rings. The van der Waals surface area contributed by atoms with Crippen molar-refractivity contribution in [2.75, 3.05) is 45.9 Å². The summed E-state index contributed by atoms with van der Waals surface area (Å²) in [5.74, 6) is -0.760. The van der Waals surface area contributed by atoms with E-state index in [9.17, 15) is 19.2 Å². The van der Waals surface area contributed by atoms with Gasteiger partial charge in [0.15, 0.2) is 0 Å². The summed E-state index contributed by atoms with van der Waals surface area (Å²) in [4.78, 5) is 57.3. The van der Waals surface area contributed by atoms with Crippen LogP contribution in [0.15, 0.2) is 39.9 Å². The van der Waals surface area contributed by atoms with Crippen LogP contribution in [0.5, 0.6) is 0 Å². The van der Waals surface area contributed by atoms with Gasteiger partial charge >= 0.3 is 17.6 Å². The van der Waals surface area contributed by atoms with Crippen molar-refractivity contribution in [3.63, 3.8) is 0 Å². The van der Waals surface area contributed by atoms with E-state index in [4.69, 9.17) is 21.1 Å². The van der Waals surface area contributed by atoms with E-state index in [0.717, 1.165) is 4.57 Å². The van der Waals surface area contributed by atoms with E-state index in [2.05, 4.69) is 9.80 Å². The van der Waals surface area contributed by atoms with Crippen molar-refractivity contribution in [3.8, 4) is 5.69 Å². The SMILES string of the molecule is CCOC(=O)c1c(C)cc2c(c1C)c(=O)n(-c1ccccc1Cl)c(=O)n2CCN1CCN(CC(=O)OC(C)(C)C)CC1. The van der Waals surface area contributed by atoms with E-state index in [1.165, 1.54) is 0 Å². The summed E-state index contributed by atoms with van der Waals surface area (Å²) in [6.07, 6.45) is 0. The maximum atomic E-state index is 14.0. The predicted molar refractivity (Wildman–Crippen MR) is 163 cm³/mol. The lowest BCUT2D eigenvalue weighted by Crippen LogP contribution is -2.49. The first-order valence-electron chi connectivity index (χ1n) is 14.2. The number of ether oxygens (including phenoxy) is 2. The third-order valence-electron chi connectivity index (χ3n) is 7.33. The van der Waals surface area contributed by atoms with Crippen molar-refractivity contribution in [3.05, 3.63) is 72.9 Å². The highest BCUT2D eigenvalue weighted by Crippen LogP contribution is 2.25. The minimum absolute atomic E-state index is 0.199. The molecule has 1 aromatic heterocycles. The smallest absolute Gasteiger partial charge is 0.338 e. The van der Waals surface area contributed by atoms with E-state index >= 15 is 0 Å². The van der Waals surface area contributed by atoms with Gasteiger partial charge in [0.2, 0.25) is 0 Å². The molecule has 0 spiro atoms. The number of nitrogens with zero attached hydrogens (tertiary/aromatic N) is 4. The molecule has 3 aromatic rings. The minimum atomic E-state index is -0.543. The topological polar surface area (TPSA) is 103 Å². The number of carbonyl (C=O) groups is 2. The van der Waals surface area contributed by atoms with Crippen molar-refractivity contribution >= 4 is 34.4 Å². The molecule has 1 aliphatic rings. The third kappa shape index (κ3) is 6.77. The fourth-order valence-electron chi connectivity index (χ4n) is 5.42. The van der Waals surface area contributed by atoms with E-state index in [1.807, 2.05) is 20.8 Å². The van der Waals surface area contributed by atoms with E-state index in [1.54, 1.807) is 55.7 Å². The van der Waals surface area contributed by atoms with Crippen LogP contribution >= 0.6 is 11.6 Å². The lowest BCUT2D eigenvalue weighted by atomic mass is 9.98. The van der Waals surface area contributed by atoms with Gasteiger partial charge in [0.1, 0.15) is 5.60 Å². The second-order valence-corrected chi connectivity index (χ2v) is 11.9. The van der Waals surface area contributed by atoms with Gasteiger partial charge in [0.25, 0.3) is 5.56 Å². The number of hydrogen-bond acceptors (Lipinski definition) is 8. The number of benzene rings is 2. The molecule has 42 heavy (non-hydrogen) atoms. The van der Waals surface area contributed by atoms with Crippen LogP contribution < -0.4 is 11.2 Å². The van der Waals surface area contributed by atoms with Crippen molar-refractivity contribution < 1.29 is 19.1 Å². The summed E-state index contributed by atoms with van der Waals surface area (Å²) in [6, 6.07) is 8.41. The highest BCUT2D eigenvalue weighted by Gasteiger charge is 2.25. The van der Waals surface area contributed by atoms with E-state index in [-0.39, 0.29) is 35.2 Å². The molecule has 10 nitrogen and oxygen atoms in total. The number of hydrogen-bond donors (Lipinski definition) is 0. The van der Waals surface area contributed by atoms with Crippen LogP contribution in [-0.4, -0.2) is 82.3 Å². The number of fused-ring (bicyclic) bond motifs is 1. The number of aromatic nitrogens is 2. The average Bonchev–Trinajstić information content (AvgIpc) is 2.89. The maximum absolute atomic E-state index is 14.0. The monoisotopic (exact) mass is 598 g/mol. The third-order valence-corrected chi connectivity index (χ3v) is 7.65. The second-order valence-electron chi connectivity index (χ2n) is 11.5. The van der Waals surface area contributed by atoms with Crippen LogP contribution in [0.25, 0.3) is 16.6 Å². The quantitative estimate of drug-likeness (QED) is 0.363. The number of esters is 2. The zero-order valence-corrected chi connectivity index (χ0v) is 25.9. The van der Waals surface area contributed by atoms with Gasteiger partial charge in [-0.15, -0.1) is 0 Å². The fraction of sp³-hybridized carbons (Fsp3) is 0.484. The summed E-state index contributed by atoms with van der Waals surface area (Å²) >= 11 is 6.45. The predicted octanol–water partition coefficient (Wildman–Crippen LogP) is 3.56. The number of rotatable bonds is 8. The van der Waals surface area contributed by atoms with Crippen molar-refractivity contribution in [1.82, 2.24) is 18.9 Å². The largest absolute Gasteiger partial charge is 0.462 e. The molecule has 1 saturated heterocycles. The molecule has 0 atom stereocenters. The summed E-state index contributed by atoms with van der Waals surface area (Å²) in [5, 5.41) is 0.532. The lowest BCUT2D eigenvalue weighted by Gasteiger charge is -2.34. The lowest BCUT2D eigenvalue weighted by molar-refractivity contribution is -0.156. The van der Waals surface area contributed by atoms with Crippen LogP contribution in [0, 0.1) is 13.8 Å². The van der Waals surface area contributed by atoms with Crippen LogP contribution in [0.1, 0.15) is 49.2 Å². The normalized spacial score (nSPS) is 14.7. The van der Waals surface area contributed by atoms with Crippen molar-refractivity contribution in [1.29, 1.82) is 0 Å². The molecule has 2 heterocycles. The number of para-hydroxylation sites is 1. The van der Waals surface area contributed by atoms with E-state index in [0.29, 0.717) is 61.5 Å². The highest BCUT2D eigenvalue weighted by atomic mass is 35.5. The Morgan fingerprint density at radius 1 is 0.976 bits per heavy atom. The summed E-state index contributed by atoms with van der Waals surface area (Å²) < 4.78 is 13.4. The first-order valence-corrected chi connectivity index (χ1v) is 14.6. The molecular weight excluding hydrogens is 560 g/mol. The van der Waals surface area contributed by atoms with Crippen molar-refractivity contribution in [2.45, 2.75) is 53.7 Å². The van der Waals surface area contributed by atoms with Gasteiger partial charge in [-0.1, -0.05) is 23.7 Å². The Labute approximate surface area is 250 Å². The van der Waals surface area contributed by atoms with Crippen LogP contribution in [0.3, 0.4) is 0 Å². The molecule has 4 rings (SSSR count). The Morgan fingerprint density at radius 3 is 2.24 bits per heavy atom. The standard InChI is InChI=1S/C31H39ClN4O6/c1-7-41-29(39)26-20(2)18-24-27(21(26)3)28(38)36(23-11-9-8-10-22(23)32)30(40)35(24)17-16-33-12-14-34(15-13-33)19-25(37)42-31(4,5)6/h8-11,18H,7,12-17,19H2,1-6H3. The van der Waals surface area contributed by atoms with Gasteiger partial charge in [-0.25, -0.2) is 14.2 Å². The molecule has 0 saturated carbocycles. The molecule has 0 aliphatic carbocycles. The average molecular weight is 599 g/mol. The highest BCUT2D eigenvalue weighted by molar-refractivity contribution is 6.32. The molecule has 2 aromatic carbocycles. The Kier molecular flexibility index (Phi) is 9.60. The molecule has 226 valence electrons. The van der Waals surface area contributed by atoms with Crippen LogP contribution in [0.4, 0.5) is 0 Å². The van der Waals surface area contributed by atoms with Gasteiger partial charge in [-0.3, -0.25) is 24.0 Å².